The first kappa shape index (κ1) is 13.5. The second-order valence-electron chi connectivity index (χ2n) is 4.37. The lowest BCUT2D eigenvalue weighted by molar-refractivity contribution is 0.875. The molecule has 20 heavy (non-hydrogen) atoms. The summed E-state index contributed by atoms with van der Waals surface area (Å²) < 4.78 is 3.28. The van der Waals surface area contributed by atoms with Crippen LogP contribution in [0.15, 0.2) is 75.2 Å². The average Bonchev–Trinajstić information content (AvgIpc) is 2.83. The maximum absolute atomic E-state index is 4.44. The molecule has 0 saturated heterocycles. The van der Waals surface area contributed by atoms with E-state index >= 15 is 0 Å². The fourth-order valence-corrected chi connectivity index (χ4v) is 3.54. The molecule has 3 rings (SSSR count). The van der Waals surface area contributed by atoms with E-state index in [-0.39, 0.29) is 0 Å². The van der Waals surface area contributed by atoms with Gasteiger partial charge in [-0.2, -0.15) is 0 Å². The fraction of sp³-hybridized carbons (Fsp3) is 0.0625. The highest BCUT2D eigenvalue weighted by Crippen LogP contribution is 2.35. The number of halogens is 1. The molecule has 0 aliphatic heterocycles. The first-order valence-corrected chi connectivity index (χ1v) is 7.89. The first-order chi connectivity index (χ1) is 9.75. The Bertz CT molecular complexity index is 722. The van der Waals surface area contributed by atoms with Crippen LogP contribution in [0.3, 0.4) is 0 Å². The zero-order valence-corrected chi connectivity index (χ0v) is 13.4. The Morgan fingerprint density at radius 2 is 1.80 bits per heavy atom. The van der Waals surface area contributed by atoms with Crippen LogP contribution in [0.4, 0.5) is 0 Å². The molecule has 0 atom stereocenters. The van der Waals surface area contributed by atoms with Crippen molar-refractivity contribution in [2.75, 3.05) is 0 Å². The van der Waals surface area contributed by atoms with E-state index in [4.69, 9.17) is 0 Å². The standard InChI is InChI=1S/C16H13BrN2S/c1-12-9-10-16(19(12)15-8-4-5-11-18-15)20-14-7-3-2-6-13(14)17/h2-11H,1H3. The van der Waals surface area contributed by atoms with Gasteiger partial charge in [0.2, 0.25) is 0 Å². The van der Waals surface area contributed by atoms with E-state index in [1.54, 1.807) is 11.8 Å². The normalized spacial score (nSPS) is 10.7. The lowest BCUT2D eigenvalue weighted by Gasteiger charge is -2.11. The van der Waals surface area contributed by atoms with Crippen molar-refractivity contribution in [1.82, 2.24) is 9.55 Å². The average molecular weight is 345 g/mol. The zero-order valence-electron chi connectivity index (χ0n) is 11.0. The van der Waals surface area contributed by atoms with Gasteiger partial charge in [0.15, 0.2) is 0 Å². The molecule has 0 N–H and O–H groups in total. The molecule has 1 aromatic carbocycles. The van der Waals surface area contributed by atoms with Crippen molar-refractivity contribution in [1.29, 1.82) is 0 Å². The molecule has 0 unspecified atom stereocenters. The van der Waals surface area contributed by atoms with Crippen LogP contribution in [-0.2, 0) is 0 Å². The fourth-order valence-electron chi connectivity index (χ4n) is 2.01. The highest BCUT2D eigenvalue weighted by Gasteiger charge is 2.10. The maximum Gasteiger partial charge on any atom is 0.137 e. The van der Waals surface area contributed by atoms with Gasteiger partial charge in [0.05, 0.1) is 5.03 Å². The Morgan fingerprint density at radius 3 is 2.55 bits per heavy atom. The molecule has 0 aliphatic carbocycles. The minimum absolute atomic E-state index is 0.949. The lowest BCUT2D eigenvalue weighted by Crippen LogP contribution is -2.00. The molecule has 0 aliphatic rings. The van der Waals surface area contributed by atoms with Crippen LogP contribution < -0.4 is 0 Å². The highest BCUT2D eigenvalue weighted by molar-refractivity contribution is 9.10. The van der Waals surface area contributed by atoms with E-state index in [1.165, 1.54) is 10.6 Å². The summed E-state index contributed by atoms with van der Waals surface area (Å²) in [6.07, 6.45) is 1.82. The topological polar surface area (TPSA) is 17.8 Å². The SMILES string of the molecule is Cc1ccc(Sc2ccccc2Br)n1-c1ccccn1. The van der Waals surface area contributed by atoms with E-state index in [2.05, 4.69) is 56.7 Å². The van der Waals surface area contributed by atoms with Crippen LogP contribution >= 0.6 is 27.7 Å². The Labute approximate surface area is 131 Å². The van der Waals surface area contributed by atoms with Crippen molar-refractivity contribution < 1.29 is 0 Å². The molecule has 100 valence electrons. The van der Waals surface area contributed by atoms with Gasteiger partial charge in [-0.15, -0.1) is 0 Å². The van der Waals surface area contributed by atoms with Crippen molar-refractivity contribution >= 4 is 27.7 Å². The summed E-state index contributed by atoms with van der Waals surface area (Å²) in [6.45, 7) is 2.10. The van der Waals surface area contributed by atoms with Crippen LogP contribution in [0.1, 0.15) is 5.69 Å². The number of aryl methyl sites for hydroxylation is 1. The highest BCUT2D eigenvalue weighted by atomic mass is 79.9. The quantitative estimate of drug-likeness (QED) is 0.658. The van der Waals surface area contributed by atoms with Gasteiger partial charge in [-0.3, -0.25) is 4.57 Å². The molecule has 3 aromatic rings. The number of rotatable bonds is 3. The Balaban J connectivity index is 2.02. The van der Waals surface area contributed by atoms with Crippen molar-refractivity contribution in [2.24, 2.45) is 0 Å². The monoisotopic (exact) mass is 344 g/mol. The summed E-state index contributed by atoms with van der Waals surface area (Å²) in [5.41, 5.74) is 1.18. The van der Waals surface area contributed by atoms with Gasteiger partial charge >= 0.3 is 0 Å². The number of hydrogen-bond donors (Lipinski definition) is 0. The summed E-state index contributed by atoms with van der Waals surface area (Å²) in [6, 6.07) is 18.5. The summed E-state index contributed by atoms with van der Waals surface area (Å²) in [5, 5.41) is 1.16. The summed E-state index contributed by atoms with van der Waals surface area (Å²) in [7, 11) is 0. The molecule has 0 amide bonds. The third kappa shape index (κ3) is 2.67. The third-order valence-corrected chi connectivity index (χ3v) is 5.03. The van der Waals surface area contributed by atoms with Crippen LogP contribution in [0.5, 0.6) is 0 Å². The molecule has 0 spiro atoms. The van der Waals surface area contributed by atoms with Crippen molar-refractivity contribution in [3.63, 3.8) is 0 Å². The molecule has 0 bridgehead atoms. The van der Waals surface area contributed by atoms with Crippen molar-refractivity contribution in [3.05, 3.63) is 71.0 Å². The van der Waals surface area contributed by atoms with Crippen LogP contribution in [-0.4, -0.2) is 9.55 Å². The van der Waals surface area contributed by atoms with Gasteiger partial charge in [-0.1, -0.05) is 30.0 Å². The van der Waals surface area contributed by atoms with Crippen LogP contribution in [0.25, 0.3) is 5.82 Å². The molecule has 2 heterocycles. The summed E-state index contributed by atoms with van der Waals surface area (Å²) >= 11 is 5.33. The molecule has 0 saturated carbocycles. The smallest absolute Gasteiger partial charge is 0.137 e. The number of benzene rings is 1. The molecule has 0 radical (unpaired) electrons. The van der Waals surface area contributed by atoms with E-state index in [0.29, 0.717) is 0 Å². The first-order valence-electron chi connectivity index (χ1n) is 6.28. The molecule has 2 nitrogen and oxygen atoms in total. The predicted octanol–water partition coefficient (Wildman–Crippen LogP) is 5.09. The van der Waals surface area contributed by atoms with Gasteiger partial charge in [0.1, 0.15) is 5.82 Å². The van der Waals surface area contributed by atoms with Crippen molar-refractivity contribution in [3.8, 4) is 5.82 Å². The summed E-state index contributed by atoms with van der Waals surface area (Å²) in [4.78, 5) is 5.64. The molecule has 0 fully saturated rings. The second-order valence-corrected chi connectivity index (χ2v) is 6.29. The predicted molar refractivity (Wildman–Crippen MR) is 86.6 cm³/mol. The van der Waals surface area contributed by atoms with Gasteiger partial charge in [0, 0.05) is 21.3 Å². The van der Waals surface area contributed by atoms with Gasteiger partial charge < -0.3 is 0 Å². The number of hydrogen-bond acceptors (Lipinski definition) is 2. The van der Waals surface area contributed by atoms with E-state index in [0.717, 1.165) is 15.3 Å². The van der Waals surface area contributed by atoms with Crippen molar-refractivity contribution in [2.45, 2.75) is 16.8 Å². The lowest BCUT2D eigenvalue weighted by atomic mass is 10.4. The minimum atomic E-state index is 0.949. The van der Waals surface area contributed by atoms with E-state index < -0.39 is 0 Å². The van der Waals surface area contributed by atoms with Gasteiger partial charge in [-0.05, 0) is 59.3 Å². The molecule has 4 heteroatoms. The van der Waals surface area contributed by atoms with E-state index in [9.17, 15) is 0 Å². The maximum atomic E-state index is 4.44. The molecular formula is C16H13BrN2S. The summed E-state index contributed by atoms with van der Waals surface area (Å²) in [5.74, 6) is 0.949. The van der Waals surface area contributed by atoms with E-state index in [1.807, 2.05) is 36.5 Å². The zero-order chi connectivity index (χ0) is 13.9. The Morgan fingerprint density at radius 1 is 1.00 bits per heavy atom. The third-order valence-electron chi connectivity index (χ3n) is 2.97. The number of aromatic nitrogens is 2. The molecule has 2 aromatic heterocycles. The van der Waals surface area contributed by atoms with Gasteiger partial charge in [0.25, 0.3) is 0 Å². The van der Waals surface area contributed by atoms with Gasteiger partial charge in [-0.25, -0.2) is 4.98 Å². The Hall–Kier alpha value is -1.52. The minimum Gasteiger partial charge on any atom is -0.293 e. The number of nitrogens with zero attached hydrogens (tertiary/aromatic N) is 2. The van der Waals surface area contributed by atoms with Crippen LogP contribution in [0.2, 0.25) is 0 Å². The van der Waals surface area contributed by atoms with Crippen LogP contribution in [0, 0.1) is 6.92 Å². The number of pyridine rings is 1. The second kappa shape index (κ2) is 5.85. The molecular weight excluding hydrogens is 332 g/mol. The largest absolute Gasteiger partial charge is 0.293 e. The Kier molecular flexibility index (Phi) is 3.94.